The number of carbonyl (C=O) groups is 3. The minimum Gasteiger partial charge on any atom is -0.462 e. The molecule has 156 valence electrons. The molecule has 1 aliphatic rings. The predicted molar refractivity (Wildman–Crippen MR) is 124 cm³/mol. The minimum atomic E-state index is -0.396. The molecule has 1 aliphatic heterocycles. The van der Waals surface area contributed by atoms with E-state index in [9.17, 15) is 14.4 Å². The minimum absolute atomic E-state index is 0.117. The topological polar surface area (TPSA) is 75.7 Å². The van der Waals surface area contributed by atoms with Crippen molar-refractivity contribution in [2.75, 3.05) is 18.5 Å². The second kappa shape index (κ2) is 10.5. The molecule has 0 bridgehead atoms. The third-order valence-corrected chi connectivity index (χ3v) is 6.35. The third-order valence-electron chi connectivity index (χ3n) is 4.16. The summed E-state index contributed by atoms with van der Waals surface area (Å²) in [5.74, 6) is -0.682. The highest BCUT2D eigenvalue weighted by atomic mass is 32.2. The molecule has 3 rings (SSSR count). The first-order valence-electron chi connectivity index (χ1n) is 9.34. The maximum atomic E-state index is 12.6. The number of nitrogens with zero attached hydrogens (tertiary/aromatic N) is 1. The Morgan fingerprint density at radius 3 is 2.67 bits per heavy atom. The van der Waals surface area contributed by atoms with E-state index >= 15 is 0 Å². The van der Waals surface area contributed by atoms with E-state index in [1.54, 1.807) is 47.4 Å². The fraction of sp³-hybridized carbons (Fsp3) is 0.238. The van der Waals surface area contributed by atoms with Crippen LogP contribution in [0.15, 0.2) is 46.7 Å². The molecule has 30 heavy (non-hydrogen) atoms. The van der Waals surface area contributed by atoms with Crippen molar-refractivity contribution in [1.82, 2.24) is 4.90 Å². The molecule has 0 saturated carbocycles. The lowest BCUT2D eigenvalue weighted by Crippen LogP contribution is -2.29. The number of hydrogen-bond donors (Lipinski definition) is 1. The summed E-state index contributed by atoms with van der Waals surface area (Å²) >= 11 is 8.16. The molecular weight excluding hydrogens is 440 g/mol. The molecule has 0 unspecified atom stereocenters. The molecule has 0 aliphatic carbocycles. The molecule has 1 aromatic heterocycles. The number of thiophene rings is 1. The van der Waals surface area contributed by atoms with Crippen LogP contribution in [-0.4, -0.2) is 40.2 Å². The van der Waals surface area contributed by atoms with Crippen molar-refractivity contribution in [3.8, 4) is 0 Å². The molecule has 1 saturated heterocycles. The standard InChI is InChI=1S/C21H20N2O4S3/c1-2-27-20(26)14-7-9-15(10-8-14)22-18(24)6-3-11-23-19(25)17(30-21(23)28)13-16-5-4-12-29-16/h4-5,7-10,12-13H,2-3,6,11H2,1H3,(H,22,24)/b17-13-. The van der Waals surface area contributed by atoms with Crippen molar-refractivity contribution >= 4 is 69.2 Å². The number of rotatable bonds is 8. The summed E-state index contributed by atoms with van der Waals surface area (Å²) in [5.41, 5.74) is 1.03. The zero-order valence-electron chi connectivity index (χ0n) is 16.3. The average Bonchev–Trinajstić information content (AvgIpc) is 3.32. The van der Waals surface area contributed by atoms with E-state index in [1.165, 1.54) is 11.8 Å². The first kappa shape index (κ1) is 22.2. The van der Waals surface area contributed by atoms with Crippen LogP contribution >= 0.6 is 35.3 Å². The Kier molecular flexibility index (Phi) is 7.78. The average molecular weight is 461 g/mol. The van der Waals surface area contributed by atoms with Crippen molar-refractivity contribution in [2.45, 2.75) is 19.8 Å². The second-order valence-electron chi connectivity index (χ2n) is 6.30. The molecular formula is C21H20N2O4S3. The van der Waals surface area contributed by atoms with Gasteiger partial charge in [0.25, 0.3) is 5.91 Å². The smallest absolute Gasteiger partial charge is 0.338 e. The van der Waals surface area contributed by atoms with Gasteiger partial charge in [-0.3, -0.25) is 14.5 Å². The lowest BCUT2D eigenvalue weighted by atomic mass is 10.2. The highest BCUT2D eigenvalue weighted by molar-refractivity contribution is 8.26. The number of thiocarbonyl (C=S) groups is 1. The van der Waals surface area contributed by atoms with Crippen LogP contribution in [0.3, 0.4) is 0 Å². The number of thioether (sulfide) groups is 1. The van der Waals surface area contributed by atoms with Gasteiger partial charge in [0.15, 0.2) is 0 Å². The van der Waals surface area contributed by atoms with Gasteiger partial charge in [0.2, 0.25) is 5.91 Å². The number of esters is 1. The van der Waals surface area contributed by atoms with Crippen LogP contribution in [0.5, 0.6) is 0 Å². The first-order valence-corrected chi connectivity index (χ1v) is 11.4. The molecule has 0 radical (unpaired) electrons. The molecule has 0 spiro atoms. The number of ether oxygens (including phenoxy) is 1. The van der Waals surface area contributed by atoms with Gasteiger partial charge < -0.3 is 10.1 Å². The number of amides is 2. The zero-order valence-corrected chi connectivity index (χ0v) is 18.7. The van der Waals surface area contributed by atoms with Gasteiger partial charge in [-0.1, -0.05) is 30.0 Å². The van der Waals surface area contributed by atoms with E-state index in [2.05, 4.69) is 5.32 Å². The number of anilines is 1. The SMILES string of the molecule is CCOC(=O)c1ccc(NC(=O)CCCN2C(=O)/C(=C/c3cccs3)SC2=S)cc1. The van der Waals surface area contributed by atoms with Crippen LogP contribution in [0.2, 0.25) is 0 Å². The molecule has 2 aromatic rings. The summed E-state index contributed by atoms with van der Waals surface area (Å²) in [5, 5.41) is 4.74. The van der Waals surface area contributed by atoms with Crippen LogP contribution < -0.4 is 5.32 Å². The first-order chi connectivity index (χ1) is 14.5. The Labute approximate surface area is 188 Å². The van der Waals surface area contributed by atoms with Gasteiger partial charge in [-0.25, -0.2) is 4.79 Å². The normalized spacial score (nSPS) is 15.0. The van der Waals surface area contributed by atoms with Crippen LogP contribution in [0.4, 0.5) is 5.69 Å². The summed E-state index contributed by atoms with van der Waals surface area (Å²) in [6.07, 6.45) is 2.59. The summed E-state index contributed by atoms with van der Waals surface area (Å²) < 4.78 is 5.44. The molecule has 6 nitrogen and oxygen atoms in total. The summed E-state index contributed by atoms with van der Waals surface area (Å²) in [6, 6.07) is 10.4. The summed E-state index contributed by atoms with van der Waals surface area (Å²) in [6.45, 7) is 2.44. The van der Waals surface area contributed by atoms with Crippen LogP contribution in [0, 0.1) is 0 Å². The van der Waals surface area contributed by atoms with E-state index in [1.807, 2.05) is 23.6 Å². The number of hydrogen-bond acceptors (Lipinski definition) is 7. The van der Waals surface area contributed by atoms with Gasteiger partial charge in [-0.15, -0.1) is 11.3 Å². The third kappa shape index (κ3) is 5.78. The Hall–Kier alpha value is -2.49. The molecule has 0 atom stereocenters. The van der Waals surface area contributed by atoms with Gasteiger partial charge in [-0.2, -0.15) is 0 Å². The van der Waals surface area contributed by atoms with Gasteiger partial charge >= 0.3 is 5.97 Å². The monoisotopic (exact) mass is 460 g/mol. The molecule has 1 N–H and O–H groups in total. The quantitative estimate of drug-likeness (QED) is 0.354. The fourth-order valence-electron chi connectivity index (χ4n) is 2.72. The van der Waals surface area contributed by atoms with E-state index in [0.717, 1.165) is 4.88 Å². The number of benzene rings is 1. The lowest BCUT2D eigenvalue weighted by molar-refractivity contribution is -0.122. The van der Waals surface area contributed by atoms with Crippen molar-refractivity contribution in [2.24, 2.45) is 0 Å². The summed E-state index contributed by atoms with van der Waals surface area (Å²) in [7, 11) is 0. The highest BCUT2D eigenvalue weighted by Gasteiger charge is 2.31. The number of nitrogens with one attached hydrogen (secondary N) is 1. The molecule has 2 amide bonds. The van der Waals surface area contributed by atoms with Crippen LogP contribution in [-0.2, 0) is 14.3 Å². The molecule has 9 heteroatoms. The zero-order chi connectivity index (χ0) is 21.5. The fourth-order valence-corrected chi connectivity index (χ4v) is 4.75. The van der Waals surface area contributed by atoms with Crippen molar-refractivity contribution < 1.29 is 19.1 Å². The van der Waals surface area contributed by atoms with Gasteiger partial charge in [-0.05, 0) is 55.1 Å². The highest BCUT2D eigenvalue weighted by Crippen LogP contribution is 2.33. The van der Waals surface area contributed by atoms with E-state index < -0.39 is 5.97 Å². The van der Waals surface area contributed by atoms with Gasteiger partial charge in [0.1, 0.15) is 4.32 Å². The number of carbonyl (C=O) groups excluding carboxylic acids is 3. The van der Waals surface area contributed by atoms with Crippen molar-refractivity contribution in [3.05, 3.63) is 57.1 Å². The van der Waals surface area contributed by atoms with Gasteiger partial charge in [0, 0.05) is 23.5 Å². The molecule has 2 heterocycles. The van der Waals surface area contributed by atoms with Crippen molar-refractivity contribution in [3.63, 3.8) is 0 Å². The lowest BCUT2D eigenvalue weighted by Gasteiger charge is -2.14. The molecule has 1 aromatic carbocycles. The molecule has 1 fully saturated rings. The largest absolute Gasteiger partial charge is 0.462 e. The van der Waals surface area contributed by atoms with Crippen LogP contribution in [0.25, 0.3) is 6.08 Å². The van der Waals surface area contributed by atoms with E-state index in [4.69, 9.17) is 17.0 Å². The Morgan fingerprint density at radius 2 is 2.00 bits per heavy atom. The summed E-state index contributed by atoms with van der Waals surface area (Å²) in [4.78, 5) is 39.6. The van der Waals surface area contributed by atoms with E-state index in [0.29, 0.717) is 40.0 Å². The van der Waals surface area contributed by atoms with Crippen molar-refractivity contribution in [1.29, 1.82) is 0 Å². The van der Waals surface area contributed by atoms with Crippen LogP contribution in [0.1, 0.15) is 35.0 Å². The second-order valence-corrected chi connectivity index (χ2v) is 8.95. The maximum Gasteiger partial charge on any atom is 0.338 e. The van der Waals surface area contributed by atoms with E-state index in [-0.39, 0.29) is 18.2 Å². The Morgan fingerprint density at radius 1 is 1.23 bits per heavy atom. The Balaban J connectivity index is 1.47. The maximum absolute atomic E-state index is 12.6. The Bertz CT molecular complexity index is 969. The predicted octanol–water partition coefficient (Wildman–Crippen LogP) is 4.54. The van der Waals surface area contributed by atoms with Gasteiger partial charge in [0.05, 0.1) is 17.1 Å².